The molecule has 0 spiro atoms. The van der Waals surface area contributed by atoms with E-state index < -0.39 is 0 Å². The molecule has 4 aliphatic heterocycles. The molecule has 0 radical (unpaired) electrons. The highest BCUT2D eigenvalue weighted by Gasteiger charge is 2.29. The van der Waals surface area contributed by atoms with E-state index in [0.717, 1.165) is 79.4 Å². The van der Waals surface area contributed by atoms with E-state index in [2.05, 4.69) is 36.4 Å². The van der Waals surface area contributed by atoms with Crippen LogP contribution in [0.4, 0.5) is 0 Å². The van der Waals surface area contributed by atoms with Crippen LogP contribution in [0.3, 0.4) is 0 Å². The first-order valence-electron chi connectivity index (χ1n) is 10.8. The van der Waals surface area contributed by atoms with Gasteiger partial charge in [0.25, 0.3) is 0 Å². The lowest BCUT2D eigenvalue weighted by atomic mass is 9.95. The summed E-state index contributed by atoms with van der Waals surface area (Å²) < 4.78 is 34.0. The fraction of sp³-hybridized carbons (Fsp3) is 0.500. The summed E-state index contributed by atoms with van der Waals surface area (Å²) >= 11 is 0. The van der Waals surface area contributed by atoms with E-state index in [1.165, 1.54) is 0 Å². The van der Waals surface area contributed by atoms with Gasteiger partial charge in [0, 0.05) is 24.8 Å². The van der Waals surface area contributed by atoms with Crippen LogP contribution < -0.4 is 9.47 Å². The van der Waals surface area contributed by atoms with Crippen LogP contribution in [-0.4, -0.2) is 51.5 Å². The molecule has 6 heteroatoms. The van der Waals surface area contributed by atoms with Crippen LogP contribution in [0.25, 0.3) is 11.1 Å². The van der Waals surface area contributed by atoms with Crippen LogP contribution in [0.1, 0.15) is 30.1 Å². The number of hydrogen-bond acceptors (Lipinski definition) is 6. The second kappa shape index (κ2) is 7.85. The molecule has 2 aromatic carbocycles. The summed E-state index contributed by atoms with van der Waals surface area (Å²) in [5.41, 5.74) is 4.60. The standard InChI is InChI=1S/C24H26O6/c1-3-21(30-24-6-8-26-24)17(10-18-12-27-18)9-15(1)16-2-4-22(29-14-19-13-28-19)20(11-16)23-5-7-25-23/h1-4,9,11,18-19,23-24H,5-8,10,12-14H2. The van der Waals surface area contributed by atoms with Gasteiger partial charge in [-0.25, -0.2) is 0 Å². The molecule has 4 unspecified atom stereocenters. The monoisotopic (exact) mass is 410 g/mol. The average Bonchev–Trinajstić information content (AvgIpc) is 3.58. The van der Waals surface area contributed by atoms with Crippen molar-refractivity contribution in [3.8, 4) is 22.6 Å². The van der Waals surface area contributed by atoms with Gasteiger partial charge in [0.1, 0.15) is 24.2 Å². The van der Waals surface area contributed by atoms with Gasteiger partial charge in [-0.2, -0.15) is 0 Å². The van der Waals surface area contributed by atoms with Gasteiger partial charge < -0.3 is 28.4 Å². The van der Waals surface area contributed by atoms with E-state index in [9.17, 15) is 0 Å². The molecule has 158 valence electrons. The zero-order chi connectivity index (χ0) is 19.9. The molecular weight excluding hydrogens is 384 g/mol. The van der Waals surface area contributed by atoms with Crippen LogP contribution in [0, 0.1) is 0 Å². The van der Waals surface area contributed by atoms with E-state index >= 15 is 0 Å². The lowest BCUT2D eigenvalue weighted by molar-refractivity contribution is -0.165. The van der Waals surface area contributed by atoms with Crippen LogP contribution in [-0.2, 0) is 25.4 Å². The van der Waals surface area contributed by atoms with E-state index in [0.29, 0.717) is 12.7 Å². The first-order valence-corrected chi connectivity index (χ1v) is 10.8. The maximum absolute atomic E-state index is 6.04. The molecule has 0 N–H and O–H groups in total. The van der Waals surface area contributed by atoms with Crippen molar-refractivity contribution < 1.29 is 28.4 Å². The molecule has 2 aromatic rings. The van der Waals surface area contributed by atoms with Crippen molar-refractivity contribution in [1.29, 1.82) is 0 Å². The number of rotatable bonds is 9. The molecule has 6 rings (SSSR count). The summed E-state index contributed by atoms with van der Waals surface area (Å²) in [6, 6.07) is 12.8. The Morgan fingerprint density at radius 1 is 0.800 bits per heavy atom. The zero-order valence-electron chi connectivity index (χ0n) is 16.9. The summed E-state index contributed by atoms with van der Waals surface area (Å²) in [5.74, 6) is 1.79. The number of ether oxygens (including phenoxy) is 6. The minimum absolute atomic E-state index is 0.109. The minimum Gasteiger partial charge on any atom is -0.490 e. The third-order valence-electron chi connectivity index (χ3n) is 6.04. The normalized spacial score (nSPS) is 28.9. The van der Waals surface area contributed by atoms with Gasteiger partial charge in [-0.15, -0.1) is 0 Å². The van der Waals surface area contributed by atoms with E-state index in [-0.39, 0.29) is 18.5 Å². The van der Waals surface area contributed by atoms with Gasteiger partial charge in [-0.1, -0.05) is 12.1 Å². The second-order valence-electron chi connectivity index (χ2n) is 8.36. The zero-order valence-corrected chi connectivity index (χ0v) is 16.9. The fourth-order valence-corrected chi connectivity index (χ4v) is 3.85. The molecule has 4 saturated heterocycles. The van der Waals surface area contributed by atoms with Gasteiger partial charge >= 0.3 is 0 Å². The molecule has 6 nitrogen and oxygen atoms in total. The third-order valence-corrected chi connectivity index (χ3v) is 6.04. The Hall–Kier alpha value is -2.12. The van der Waals surface area contributed by atoms with Crippen molar-refractivity contribution in [3.63, 3.8) is 0 Å². The van der Waals surface area contributed by atoms with Crippen molar-refractivity contribution in [1.82, 2.24) is 0 Å². The van der Waals surface area contributed by atoms with Crippen molar-refractivity contribution in [2.24, 2.45) is 0 Å². The predicted molar refractivity (Wildman–Crippen MR) is 109 cm³/mol. The van der Waals surface area contributed by atoms with E-state index in [4.69, 9.17) is 28.4 Å². The Morgan fingerprint density at radius 2 is 1.50 bits per heavy atom. The molecule has 0 saturated carbocycles. The Labute approximate surface area is 176 Å². The fourth-order valence-electron chi connectivity index (χ4n) is 3.85. The van der Waals surface area contributed by atoms with Crippen LogP contribution in [0.15, 0.2) is 36.4 Å². The summed E-state index contributed by atoms with van der Waals surface area (Å²) in [6.45, 7) is 3.79. The highest BCUT2D eigenvalue weighted by Crippen LogP contribution is 2.39. The Bertz CT molecular complexity index is 912. The SMILES string of the molecule is c1cc(OC2CCO2)c(CC2CO2)cc1-c1ccc(OCC2CO2)c(C2CCO2)c1. The first-order chi connectivity index (χ1) is 14.8. The molecule has 4 heterocycles. The Balaban J connectivity index is 1.28. The summed E-state index contributed by atoms with van der Waals surface area (Å²) in [6.07, 6.45) is 3.35. The van der Waals surface area contributed by atoms with Crippen molar-refractivity contribution in [2.75, 3.05) is 33.0 Å². The van der Waals surface area contributed by atoms with Crippen LogP contribution in [0.2, 0.25) is 0 Å². The van der Waals surface area contributed by atoms with E-state index in [1.807, 2.05) is 0 Å². The lowest BCUT2D eigenvalue weighted by Crippen LogP contribution is -2.32. The summed E-state index contributed by atoms with van der Waals surface area (Å²) in [4.78, 5) is 0. The highest BCUT2D eigenvalue weighted by molar-refractivity contribution is 5.68. The third kappa shape index (κ3) is 4.05. The molecule has 0 bridgehead atoms. The summed E-state index contributed by atoms with van der Waals surface area (Å²) in [7, 11) is 0. The minimum atomic E-state index is -0.121. The lowest BCUT2D eigenvalue weighted by Gasteiger charge is -2.29. The van der Waals surface area contributed by atoms with Gasteiger partial charge in [-0.3, -0.25) is 0 Å². The molecule has 0 amide bonds. The predicted octanol–water partition coefficient (Wildman–Crippen LogP) is 3.66. The average molecular weight is 410 g/mol. The van der Waals surface area contributed by atoms with Crippen LogP contribution in [0.5, 0.6) is 11.5 Å². The summed E-state index contributed by atoms with van der Waals surface area (Å²) in [5, 5.41) is 0. The van der Waals surface area contributed by atoms with Crippen molar-refractivity contribution in [3.05, 3.63) is 47.5 Å². The number of benzene rings is 2. The van der Waals surface area contributed by atoms with Crippen molar-refractivity contribution >= 4 is 0 Å². The van der Waals surface area contributed by atoms with E-state index in [1.54, 1.807) is 0 Å². The Morgan fingerprint density at radius 3 is 2.13 bits per heavy atom. The second-order valence-corrected chi connectivity index (χ2v) is 8.36. The molecule has 0 aliphatic carbocycles. The number of hydrogen-bond donors (Lipinski definition) is 0. The molecular formula is C24H26O6. The topological polar surface area (TPSA) is 62.0 Å². The maximum Gasteiger partial charge on any atom is 0.202 e. The van der Waals surface area contributed by atoms with Gasteiger partial charge in [0.15, 0.2) is 0 Å². The molecule has 4 fully saturated rings. The van der Waals surface area contributed by atoms with Gasteiger partial charge in [-0.05, 0) is 41.0 Å². The molecule has 0 aromatic heterocycles. The quantitative estimate of drug-likeness (QED) is 0.588. The maximum atomic E-state index is 6.04. The largest absolute Gasteiger partial charge is 0.490 e. The first kappa shape index (κ1) is 18.6. The van der Waals surface area contributed by atoms with Gasteiger partial charge in [0.2, 0.25) is 6.29 Å². The smallest absolute Gasteiger partial charge is 0.202 e. The van der Waals surface area contributed by atoms with Crippen molar-refractivity contribution in [2.45, 2.75) is 43.9 Å². The molecule has 4 aliphatic rings. The molecule has 30 heavy (non-hydrogen) atoms. The molecule has 4 atom stereocenters. The number of epoxide rings is 2. The highest BCUT2D eigenvalue weighted by atomic mass is 16.7. The van der Waals surface area contributed by atoms with Gasteiger partial charge in [0.05, 0.1) is 38.6 Å². The van der Waals surface area contributed by atoms with Crippen LogP contribution >= 0.6 is 0 Å². The Kier molecular flexibility index (Phi) is 4.88.